The van der Waals surface area contributed by atoms with E-state index in [1.54, 1.807) is 0 Å². The zero-order chi connectivity index (χ0) is 18.9. The van der Waals surface area contributed by atoms with E-state index in [9.17, 15) is 4.79 Å². The third-order valence-corrected chi connectivity index (χ3v) is 5.50. The molecule has 0 amide bonds. The van der Waals surface area contributed by atoms with Gasteiger partial charge in [0.15, 0.2) is 0 Å². The van der Waals surface area contributed by atoms with Crippen LogP contribution in [-0.4, -0.2) is 50.7 Å². The van der Waals surface area contributed by atoms with E-state index in [4.69, 9.17) is 9.47 Å². The van der Waals surface area contributed by atoms with Crippen LogP contribution < -0.4 is 0 Å². The Balaban J connectivity index is 2.18. The van der Waals surface area contributed by atoms with Crippen molar-refractivity contribution in [1.29, 1.82) is 0 Å². The number of benzene rings is 1. The van der Waals surface area contributed by atoms with Crippen molar-refractivity contribution >= 4 is 6.29 Å². The number of ether oxygens (including phenoxy) is 2. The number of carbonyl (C=O) groups excluding carboxylic acids is 1. The number of nitrogens with zero attached hydrogens (tertiary/aromatic N) is 1. The molecular weight excluding hydrogens is 326 g/mol. The fourth-order valence-corrected chi connectivity index (χ4v) is 3.93. The first-order chi connectivity index (χ1) is 12.6. The summed E-state index contributed by atoms with van der Waals surface area (Å²) in [5.41, 5.74) is 3.89. The molecule has 0 bridgehead atoms. The smallest absolute Gasteiger partial charge is 0.145 e. The van der Waals surface area contributed by atoms with Crippen LogP contribution in [0.3, 0.4) is 0 Å². The molecule has 2 unspecified atom stereocenters. The van der Waals surface area contributed by atoms with E-state index in [1.807, 2.05) is 6.92 Å². The zero-order valence-electron chi connectivity index (χ0n) is 16.6. The lowest BCUT2D eigenvalue weighted by Crippen LogP contribution is -2.41. The van der Waals surface area contributed by atoms with Crippen LogP contribution in [0.4, 0.5) is 0 Å². The van der Waals surface area contributed by atoms with Gasteiger partial charge in [0.25, 0.3) is 0 Å². The van der Waals surface area contributed by atoms with Crippen LogP contribution in [0.2, 0.25) is 0 Å². The number of carbonyl (C=O) groups is 1. The van der Waals surface area contributed by atoms with Gasteiger partial charge in [-0.1, -0.05) is 37.3 Å². The van der Waals surface area contributed by atoms with E-state index in [2.05, 4.69) is 56.0 Å². The fourth-order valence-electron chi connectivity index (χ4n) is 3.93. The van der Waals surface area contributed by atoms with E-state index in [1.165, 1.54) is 11.1 Å². The summed E-state index contributed by atoms with van der Waals surface area (Å²) < 4.78 is 11.4. The lowest BCUT2D eigenvalue weighted by Gasteiger charge is -2.41. The first-order valence-electron chi connectivity index (χ1n) is 9.67. The summed E-state index contributed by atoms with van der Waals surface area (Å²) in [6.07, 6.45) is 2.90. The predicted molar refractivity (Wildman–Crippen MR) is 105 cm³/mol. The summed E-state index contributed by atoms with van der Waals surface area (Å²) in [5.74, 6) is 1.42. The minimum Gasteiger partial charge on any atom is -0.381 e. The van der Waals surface area contributed by atoms with E-state index in [0.717, 1.165) is 38.3 Å². The van der Waals surface area contributed by atoms with Crippen molar-refractivity contribution in [1.82, 2.24) is 4.90 Å². The Hall–Kier alpha value is -1.65. The maximum absolute atomic E-state index is 10.5. The SMILES string of the molecule is C/C=C(\COCC=O)N(CC)C[C@@H]1C(C)COCC1c1ccccc1C. The summed E-state index contributed by atoms with van der Waals surface area (Å²) in [7, 11) is 0. The van der Waals surface area contributed by atoms with E-state index in [-0.39, 0.29) is 6.61 Å². The molecule has 1 fully saturated rings. The highest BCUT2D eigenvalue weighted by Gasteiger charge is 2.34. The molecule has 0 aliphatic carbocycles. The van der Waals surface area contributed by atoms with Crippen LogP contribution in [0.1, 0.15) is 37.8 Å². The molecule has 4 heteroatoms. The van der Waals surface area contributed by atoms with Gasteiger partial charge in [-0.25, -0.2) is 0 Å². The first kappa shape index (κ1) is 20.7. The predicted octanol–water partition coefficient (Wildman–Crippen LogP) is 3.80. The van der Waals surface area contributed by atoms with Crippen molar-refractivity contribution in [3.8, 4) is 0 Å². The molecule has 1 saturated heterocycles. The summed E-state index contributed by atoms with van der Waals surface area (Å²) in [6, 6.07) is 8.66. The van der Waals surface area contributed by atoms with Crippen molar-refractivity contribution in [3.63, 3.8) is 0 Å². The first-order valence-corrected chi connectivity index (χ1v) is 9.67. The lowest BCUT2D eigenvalue weighted by atomic mass is 9.76. The standard InChI is InChI=1S/C22H33NO3/c1-5-19(15-25-12-11-24)23(6-2)13-21-18(4)14-26-16-22(21)20-10-8-7-9-17(20)3/h5,7-11,18,21-22H,6,12-16H2,1-4H3/b19-5+/t18?,21-,22?/m1/s1. The Labute approximate surface area is 158 Å². The molecule has 0 radical (unpaired) electrons. The van der Waals surface area contributed by atoms with Crippen LogP contribution in [0.25, 0.3) is 0 Å². The molecular formula is C22H33NO3. The van der Waals surface area contributed by atoms with Crippen LogP contribution in [0.15, 0.2) is 36.0 Å². The Bertz CT molecular complexity index is 599. The second-order valence-corrected chi connectivity index (χ2v) is 7.14. The highest BCUT2D eigenvalue weighted by Crippen LogP contribution is 2.37. The number of likely N-dealkylation sites (N-methyl/N-ethyl adjacent to an activating group) is 1. The minimum atomic E-state index is 0.147. The van der Waals surface area contributed by atoms with Gasteiger partial charge in [-0.15, -0.1) is 0 Å². The van der Waals surface area contributed by atoms with E-state index in [0.29, 0.717) is 24.4 Å². The quantitative estimate of drug-likeness (QED) is 0.496. The molecule has 2 rings (SSSR count). The topological polar surface area (TPSA) is 38.8 Å². The number of allylic oxidation sites excluding steroid dienone is 1. The minimum absolute atomic E-state index is 0.147. The fraction of sp³-hybridized carbons (Fsp3) is 0.591. The largest absolute Gasteiger partial charge is 0.381 e. The molecule has 1 aromatic carbocycles. The van der Waals surface area contributed by atoms with Crippen molar-refractivity contribution in [3.05, 3.63) is 47.2 Å². The molecule has 1 aliphatic heterocycles. The summed E-state index contributed by atoms with van der Waals surface area (Å²) >= 11 is 0. The number of aryl methyl sites for hydroxylation is 1. The second kappa shape index (κ2) is 10.5. The van der Waals surface area contributed by atoms with Crippen LogP contribution >= 0.6 is 0 Å². The number of rotatable bonds is 9. The molecule has 1 aromatic rings. The average molecular weight is 360 g/mol. The van der Waals surface area contributed by atoms with Gasteiger partial charge in [-0.2, -0.15) is 0 Å². The molecule has 4 nitrogen and oxygen atoms in total. The zero-order valence-corrected chi connectivity index (χ0v) is 16.6. The van der Waals surface area contributed by atoms with Crippen LogP contribution in [0, 0.1) is 18.8 Å². The molecule has 144 valence electrons. The van der Waals surface area contributed by atoms with Gasteiger partial charge in [-0.3, -0.25) is 0 Å². The molecule has 0 spiro atoms. The molecule has 1 heterocycles. The van der Waals surface area contributed by atoms with Crippen molar-refractivity contribution in [2.24, 2.45) is 11.8 Å². The maximum atomic E-state index is 10.5. The van der Waals surface area contributed by atoms with Gasteiger partial charge < -0.3 is 19.2 Å². The van der Waals surface area contributed by atoms with E-state index >= 15 is 0 Å². The van der Waals surface area contributed by atoms with Crippen molar-refractivity contribution in [2.75, 3.05) is 39.5 Å². The molecule has 26 heavy (non-hydrogen) atoms. The number of hydrogen-bond acceptors (Lipinski definition) is 4. The summed E-state index contributed by atoms with van der Waals surface area (Å²) in [6.45, 7) is 12.8. The van der Waals surface area contributed by atoms with Crippen LogP contribution in [0.5, 0.6) is 0 Å². The van der Waals surface area contributed by atoms with Crippen LogP contribution in [-0.2, 0) is 14.3 Å². The second-order valence-electron chi connectivity index (χ2n) is 7.14. The summed E-state index contributed by atoms with van der Waals surface area (Å²) in [4.78, 5) is 12.9. The third-order valence-electron chi connectivity index (χ3n) is 5.50. The Morgan fingerprint density at radius 3 is 2.77 bits per heavy atom. The average Bonchev–Trinajstić information content (AvgIpc) is 2.65. The van der Waals surface area contributed by atoms with E-state index < -0.39 is 0 Å². The summed E-state index contributed by atoms with van der Waals surface area (Å²) in [5, 5.41) is 0. The highest BCUT2D eigenvalue weighted by atomic mass is 16.5. The van der Waals surface area contributed by atoms with Gasteiger partial charge in [0.2, 0.25) is 0 Å². The molecule has 1 aliphatic rings. The van der Waals surface area contributed by atoms with Crippen molar-refractivity contribution in [2.45, 2.75) is 33.6 Å². The third kappa shape index (κ3) is 5.18. The van der Waals surface area contributed by atoms with Gasteiger partial charge in [0.05, 0.1) is 13.2 Å². The lowest BCUT2D eigenvalue weighted by molar-refractivity contribution is -0.111. The van der Waals surface area contributed by atoms with Gasteiger partial charge in [0.1, 0.15) is 12.9 Å². The number of hydrogen-bond donors (Lipinski definition) is 0. The highest BCUT2D eigenvalue weighted by molar-refractivity contribution is 5.50. The number of aldehydes is 1. The molecule has 0 saturated carbocycles. The Morgan fingerprint density at radius 1 is 1.35 bits per heavy atom. The normalized spacial score (nSPS) is 23.7. The van der Waals surface area contributed by atoms with Crippen molar-refractivity contribution < 1.29 is 14.3 Å². The van der Waals surface area contributed by atoms with Gasteiger partial charge in [0, 0.05) is 31.3 Å². The van der Waals surface area contributed by atoms with Gasteiger partial charge >= 0.3 is 0 Å². The molecule has 0 aromatic heterocycles. The molecule has 0 N–H and O–H groups in total. The van der Waals surface area contributed by atoms with Gasteiger partial charge in [-0.05, 0) is 43.7 Å². The molecule has 3 atom stereocenters. The Kier molecular flexibility index (Phi) is 8.33. The Morgan fingerprint density at radius 2 is 2.12 bits per heavy atom. The monoisotopic (exact) mass is 359 g/mol. The maximum Gasteiger partial charge on any atom is 0.145 e.